The molecule has 0 aliphatic carbocycles. The van der Waals surface area contributed by atoms with E-state index in [1.165, 1.54) is 0 Å². The molecule has 13 heavy (non-hydrogen) atoms. The highest BCUT2D eigenvalue weighted by Crippen LogP contribution is 2.12. The summed E-state index contributed by atoms with van der Waals surface area (Å²) in [6.45, 7) is 7.25. The zero-order valence-corrected chi connectivity index (χ0v) is 9.26. The van der Waals surface area contributed by atoms with Crippen LogP contribution in [0.2, 0.25) is 0 Å². The topological polar surface area (TPSA) is 58.6 Å². The van der Waals surface area contributed by atoms with Crippen LogP contribution in [0.25, 0.3) is 0 Å². The number of carbonyl (C=O) groups is 1. The molecule has 0 aliphatic rings. The number of hydrogen-bond acceptors (Lipinski definition) is 4. The molecule has 0 heterocycles. The maximum atomic E-state index is 11.0. The fourth-order valence-corrected chi connectivity index (χ4v) is 1.13. The van der Waals surface area contributed by atoms with Crippen molar-refractivity contribution < 1.29 is 18.9 Å². The van der Waals surface area contributed by atoms with E-state index in [0.717, 1.165) is 5.80 Å². The zero-order valence-electron chi connectivity index (χ0n) is 8.36. The molecule has 0 bridgehead atoms. The first kappa shape index (κ1) is 12.6. The zero-order chi connectivity index (χ0) is 10.5. The normalized spacial score (nSPS) is 12.8. The Morgan fingerprint density at radius 1 is 1.54 bits per heavy atom. The van der Waals surface area contributed by atoms with Crippen molar-refractivity contribution >= 4 is 19.8 Å². The van der Waals surface area contributed by atoms with E-state index in [4.69, 9.17) is 4.74 Å². The Bertz CT molecular complexity index is 205. The Hall–Kier alpha value is -0.440. The first-order valence-electron chi connectivity index (χ1n) is 4.02. The molecule has 5 heteroatoms. The summed E-state index contributed by atoms with van der Waals surface area (Å²) in [5.41, 5.74) is -0.560. The molecule has 0 N–H and O–H groups in total. The average molecular weight is 206 g/mol. The van der Waals surface area contributed by atoms with E-state index < -0.39 is 19.6 Å². The third-order valence-corrected chi connectivity index (χ3v) is 1.81. The van der Waals surface area contributed by atoms with Crippen molar-refractivity contribution in [3.05, 3.63) is 0 Å². The van der Waals surface area contributed by atoms with E-state index in [2.05, 4.69) is 4.52 Å². The third kappa shape index (κ3) is 7.91. The lowest BCUT2D eigenvalue weighted by Crippen LogP contribution is -2.24. The van der Waals surface area contributed by atoms with Crippen LogP contribution in [-0.2, 0) is 14.1 Å². The average Bonchev–Trinajstić information content (AvgIpc) is 1.81. The minimum absolute atomic E-state index is 0.314. The van der Waals surface area contributed by atoms with Gasteiger partial charge in [-0.25, -0.2) is 4.79 Å². The summed E-state index contributed by atoms with van der Waals surface area (Å²) >= 11 is 0. The summed E-state index contributed by atoms with van der Waals surface area (Å²) < 4.78 is 9.58. The Balaban J connectivity index is 4.07. The summed E-state index contributed by atoms with van der Waals surface area (Å²) in [6, 6.07) is 0. The molecule has 0 aliphatic heterocycles. The van der Waals surface area contributed by atoms with E-state index >= 15 is 0 Å². The second-order valence-electron chi connectivity index (χ2n) is 3.37. The van der Waals surface area contributed by atoms with Crippen LogP contribution in [0.1, 0.15) is 27.7 Å². The molecule has 0 saturated carbocycles. The lowest BCUT2D eigenvalue weighted by Gasteiger charge is -2.17. The van der Waals surface area contributed by atoms with Crippen LogP contribution in [0.4, 0.5) is 0 Å². The van der Waals surface area contributed by atoms with Crippen LogP contribution in [-0.4, -0.2) is 24.0 Å². The number of ether oxygens (including phenoxy) is 1. The lowest BCUT2D eigenvalue weighted by molar-refractivity contribution is -0.171. The summed E-state index contributed by atoms with van der Waals surface area (Å²) in [4.78, 5) is 21.9. The highest BCUT2D eigenvalue weighted by atomic mass is 31.1. The summed E-state index contributed by atoms with van der Waals surface area (Å²) in [6.07, 6.45) is 0. The van der Waals surface area contributed by atoms with Crippen molar-refractivity contribution in [3.8, 4) is 0 Å². The van der Waals surface area contributed by atoms with Crippen LogP contribution < -0.4 is 4.89 Å². The quantitative estimate of drug-likeness (QED) is 0.507. The first-order chi connectivity index (χ1) is 5.85. The van der Waals surface area contributed by atoms with Gasteiger partial charge in [0.15, 0.2) is 0 Å². The van der Waals surface area contributed by atoms with E-state index in [0.29, 0.717) is 6.61 Å². The number of hydrogen-bond donors (Lipinski definition) is 0. The third-order valence-electron chi connectivity index (χ3n) is 0.874. The van der Waals surface area contributed by atoms with Crippen LogP contribution in [0, 0.1) is 0 Å². The summed E-state index contributed by atoms with van der Waals surface area (Å²) in [5.74, 6) is 0.339. The molecular weight excluding hydrogens is 191 g/mol. The van der Waals surface area contributed by atoms with Crippen molar-refractivity contribution in [2.24, 2.45) is 0 Å². The van der Waals surface area contributed by atoms with Crippen molar-refractivity contribution in [2.75, 3.05) is 6.61 Å². The number of rotatable bonds is 3. The smallest absolute Gasteiger partial charge is 0.376 e. The Morgan fingerprint density at radius 3 is 2.46 bits per heavy atom. The Kier molecular flexibility index (Phi) is 5.14. The number of esters is 1. The highest BCUT2D eigenvalue weighted by Gasteiger charge is 2.16. The van der Waals surface area contributed by atoms with Gasteiger partial charge in [0.25, 0.3) is 0 Å². The number of carbonyl (C=O) groups excluding carboxylic acids is 1. The van der Waals surface area contributed by atoms with Gasteiger partial charge in [0.05, 0.1) is 6.61 Å². The van der Waals surface area contributed by atoms with Gasteiger partial charge in [-0.05, 0) is 27.7 Å². The molecule has 0 spiro atoms. The molecular formula is C8H15O4P. The molecule has 0 fully saturated rings. The Morgan fingerprint density at radius 2 is 2.08 bits per heavy atom. The van der Waals surface area contributed by atoms with E-state index in [1.54, 1.807) is 27.7 Å². The van der Waals surface area contributed by atoms with Gasteiger partial charge in [-0.2, -0.15) is 4.52 Å². The van der Waals surface area contributed by atoms with Gasteiger partial charge in [-0.1, -0.05) is 0 Å². The second-order valence-corrected chi connectivity index (χ2v) is 4.45. The van der Waals surface area contributed by atoms with Crippen LogP contribution in [0.15, 0.2) is 0 Å². The minimum atomic E-state index is -2.02. The molecule has 1 unspecified atom stereocenters. The predicted molar refractivity (Wildman–Crippen MR) is 50.5 cm³/mol. The largest absolute Gasteiger partial charge is 0.603 e. The summed E-state index contributed by atoms with van der Waals surface area (Å²) in [5, 5.41) is 0. The molecule has 0 aromatic carbocycles. The van der Waals surface area contributed by atoms with Crippen molar-refractivity contribution in [1.82, 2.24) is 0 Å². The van der Waals surface area contributed by atoms with Gasteiger partial charge >= 0.3 is 5.97 Å². The highest BCUT2D eigenvalue weighted by molar-refractivity contribution is 7.47. The van der Waals surface area contributed by atoms with Gasteiger partial charge in [0.1, 0.15) is 5.60 Å². The maximum Gasteiger partial charge on any atom is 0.376 e. The minimum Gasteiger partial charge on any atom is -0.603 e. The van der Waals surface area contributed by atoms with Crippen LogP contribution in [0.5, 0.6) is 0 Å². The fourth-order valence-electron chi connectivity index (χ4n) is 0.579. The van der Waals surface area contributed by atoms with E-state index in [-0.39, 0.29) is 0 Å². The van der Waals surface area contributed by atoms with Gasteiger partial charge < -0.3 is 9.63 Å². The predicted octanol–water partition coefficient (Wildman–Crippen LogP) is 0.839. The lowest BCUT2D eigenvalue weighted by atomic mass is 10.2. The molecule has 4 nitrogen and oxygen atoms in total. The van der Waals surface area contributed by atoms with Crippen molar-refractivity contribution in [2.45, 2.75) is 33.3 Å². The summed E-state index contributed by atoms with van der Waals surface area (Å²) in [7, 11) is -2.02. The van der Waals surface area contributed by atoms with Crippen LogP contribution >= 0.6 is 8.00 Å². The molecule has 1 atom stereocenters. The monoisotopic (exact) mass is 206 g/mol. The SMILES string of the molecule is CCO[P+]([O-])=CC(=O)OC(C)(C)C. The van der Waals surface area contributed by atoms with Gasteiger partial charge in [-0.3, -0.25) is 0 Å². The molecule has 0 aromatic heterocycles. The molecule has 0 rings (SSSR count). The van der Waals surface area contributed by atoms with Gasteiger partial charge in [0.2, 0.25) is 13.8 Å². The molecule has 76 valence electrons. The van der Waals surface area contributed by atoms with E-state index in [1.807, 2.05) is 0 Å². The van der Waals surface area contributed by atoms with Crippen molar-refractivity contribution in [3.63, 3.8) is 0 Å². The maximum absolute atomic E-state index is 11.0. The van der Waals surface area contributed by atoms with Gasteiger partial charge in [0, 0.05) is 0 Å². The molecule has 0 amide bonds. The van der Waals surface area contributed by atoms with Crippen LogP contribution in [0.3, 0.4) is 0 Å². The fraction of sp³-hybridized carbons (Fsp3) is 0.750. The molecule has 0 aromatic rings. The van der Waals surface area contributed by atoms with E-state index in [9.17, 15) is 9.69 Å². The first-order valence-corrected chi connectivity index (χ1v) is 5.27. The Labute approximate surface area is 79.4 Å². The standard InChI is InChI=1S/C8H15O4P/c1-5-11-13(10)6-7(9)12-8(2,3)4/h6H,5H2,1-4H3. The van der Waals surface area contributed by atoms with Crippen molar-refractivity contribution in [1.29, 1.82) is 0 Å². The molecule has 0 radical (unpaired) electrons. The second kappa shape index (κ2) is 5.32. The van der Waals surface area contributed by atoms with Gasteiger partial charge in [-0.15, -0.1) is 0 Å². The molecule has 0 saturated heterocycles.